The Morgan fingerprint density at radius 1 is 1.11 bits per heavy atom. The van der Waals surface area contributed by atoms with Crippen LogP contribution in [-0.4, -0.2) is 45.9 Å². The van der Waals surface area contributed by atoms with Gasteiger partial charge in [-0.05, 0) is 48.9 Å². The molecule has 7 nitrogen and oxygen atoms in total. The highest BCUT2D eigenvalue weighted by Gasteiger charge is 2.76. The van der Waals surface area contributed by atoms with Crippen molar-refractivity contribution in [1.29, 1.82) is 0 Å². The molecule has 3 amide bonds. The second kappa shape index (κ2) is 9.81. The first kappa shape index (κ1) is 25.6. The van der Waals surface area contributed by atoms with Crippen molar-refractivity contribution in [3.63, 3.8) is 0 Å². The van der Waals surface area contributed by atoms with Crippen LogP contribution < -0.4 is 10.6 Å². The number of likely N-dealkylation sites (tertiary alicyclic amines) is 1. The lowest BCUT2D eigenvalue weighted by Gasteiger charge is -2.34. The highest BCUT2D eigenvalue weighted by Crippen LogP contribution is 2.59. The largest absolute Gasteiger partial charge is 0.356 e. The third kappa shape index (κ3) is 4.27. The van der Waals surface area contributed by atoms with Gasteiger partial charge in [-0.2, -0.15) is 0 Å². The molecule has 1 spiro atoms. The Morgan fingerprint density at radius 3 is 2.58 bits per heavy atom. The summed E-state index contributed by atoms with van der Waals surface area (Å²) >= 11 is 7.66. The van der Waals surface area contributed by atoms with Gasteiger partial charge in [0.1, 0.15) is 11.6 Å². The number of halogens is 1. The Bertz CT molecular complexity index is 1260. The van der Waals surface area contributed by atoms with E-state index >= 15 is 0 Å². The van der Waals surface area contributed by atoms with E-state index in [4.69, 9.17) is 16.3 Å². The summed E-state index contributed by atoms with van der Waals surface area (Å²) in [4.78, 5) is 44.4. The Labute approximate surface area is 231 Å². The Kier molecular flexibility index (Phi) is 6.61. The summed E-state index contributed by atoms with van der Waals surface area (Å²) in [6.07, 6.45) is 8.94. The number of benzene rings is 1. The SMILES string of the molecule is C[C@]12C=C[C@@]3(O1)[C@H](C(=O)N(Cc1ccc(Cl)cc1)[C@@H]3C(=O)NC1CCCCC1)[C@@H]2C(=O)NCc1cccs1. The summed E-state index contributed by atoms with van der Waals surface area (Å²) in [5.74, 6) is -2.19. The van der Waals surface area contributed by atoms with E-state index in [1.807, 2.05) is 48.7 Å². The first-order chi connectivity index (χ1) is 18.3. The smallest absolute Gasteiger partial charge is 0.246 e. The fraction of sp³-hybridized carbons (Fsp3) is 0.483. The number of nitrogens with one attached hydrogen (secondary N) is 2. The number of carbonyl (C=O) groups is 3. The molecule has 0 unspecified atom stereocenters. The van der Waals surface area contributed by atoms with E-state index in [-0.39, 0.29) is 30.3 Å². The van der Waals surface area contributed by atoms with Gasteiger partial charge >= 0.3 is 0 Å². The van der Waals surface area contributed by atoms with Crippen molar-refractivity contribution in [3.05, 3.63) is 69.4 Å². The first-order valence-corrected chi connectivity index (χ1v) is 14.6. The number of carbonyl (C=O) groups excluding carboxylic acids is 3. The van der Waals surface area contributed by atoms with Crippen LogP contribution in [-0.2, 0) is 32.2 Å². The second-order valence-corrected chi connectivity index (χ2v) is 12.5. The maximum Gasteiger partial charge on any atom is 0.246 e. The molecule has 3 fully saturated rings. The molecule has 2 bridgehead atoms. The highest BCUT2D eigenvalue weighted by atomic mass is 35.5. The number of ether oxygens (including phenoxy) is 1. The topological polar surface area (TPSA) is 87.7 Å². The molecule has 6 rings (SSSR count). The van der Waals surface area contributed by atoms with Gasteiger partial charge in [-0.25, -0.2) is 0 Å². The molecule has 9 heteroatoms. The summed E-state index contributed by atoms with van der Waals surface area (Å²) in [5, 5.41) is 8.81. The van der Waals surface area contributed by atoms with Gasteiger partial charge in [0.25, 0.3) is 0 Å². The van der Waals surface area contributed by atoms with Crippen LogP contribution in [0.1, 0.15) is 49.5 Å². The van der Waals surface area contributed by atoms with E-state index in [0.717, 1.165) is 36.1 Å². The molecule has 38 heavy (non-hydrogen) atoms. The highest BCUT2D eigenvalue weighted by molar-refractivity contribution is 7.09. The molecule has 200 valence electrons. The van der Waals surface area contributed by atoms with Gasteiger partial charge in [0.05, 0.1) is 24.0 Å². The van der Waals surface area contributed by atoms with Crippen molar-refractivity contribution in [2.45, 2.75) is 75.4 Å². The minimum absolute atomic E-state index is 0.0854. The molecule has 4 aliphatic rings. The molecule has 4 heterocycles. The minimum Gasteiger partial charge on any atom is -0.356 e. The van der Waals surface area contributed by atoms with E-state index in [0.29, 0.717) is 11.6 Å². The molecule has 2 saturated heterocycles. The lowest BCUT2D eigenvalue weighted by Crippen LogP contribution is -2.56. The molecular weight excluding hydrogens is 522 g/mol. The second-order valence-electron chi connectivity index (χ2n) is 11.1. The van der Waals surface area contributed by atoms with Gasteiger partial charge in [-0.15, -0.1) is 11.3 Å². The van der Waals surface area contributed by atoms with Gasteiger partial charge in [0.2, 0.25) is 17.7 Å². The number of thiophene rings is 1. The van der Waals surface area contributed by atoms with Crippen LogP contribution in [0.2, 0.25) is 5.02 Å². The van der Waals surface area contributed by atoms with Gasteiger partial charge in [-0.1, -0.05) is 61.2 Å². The fourth-order valence-corrected chi connectivity index (χ4v) is 7.58. The summed E-state index contributed by atoms with van der Waals surface area (Å²) < 4.78 is 6.61. The summed E-state index contributed by atoms with van der Waals surface area (Å²) in [6, 6.07) is 10.4. The summed E-state index contributed by atoms with van der Waals surface area (Å²) in [6.45, 7) is 2.47. The van der Waals surface area contributed by atoms with Crippen molar-refractivity contribution < 1.29 is 19.1 Å². The molecule has 3 aliphatic heterocycles. The molecule has 5 atom stereocenters. The molecule has 2 N–H and O–H groups in total. The lowest BCUT2D eigenvalue weighted by molar-refractivity contribution is -0.145. The van der Waals surface area contributed by atoms with Crippen molar-refractivity contribution >= 4 is 40.7 Å². The standard InChI is InChI=1S/C29H32ClN3O4S/c1-28-13-14-29(37-28)23(22(28)25(34)31-16-21-8-5-15-38-21)27(36)33(17-18-9-11-19(30)12-10-18)24(29)26(35)32-20-6-3-2-4-7-20/h5,8-15,20,22-24H,2-4,6-7,16-17H2,1H3,(H,31,34)(H,32,35)/t22-,23+,24-,28-,29-/m1/s1. The Balaban J connectivity index is 1.33. The monoisotopic (exact) mass is 553 g/mol. The van der Waals surface area contributed by atoms with Crippen molar-refractivity contribution in [1.82, 2.24) is 15.5 Å². The van der Waals surface area contributed by atoms with Crippen molar-refractivity contribution in [2.75, 3.05) is 0 Å². The van der Waals surface area contributed by atoms with Crippen LogP contribution in [0.15, 0.2) is 53.9 Å². The molecule has 2 aromatic rings. The van der Waals surface area contributed by atoms with Gasteiger partial charge in [0, 0.05) is 22.5 Å². The number of hydrogen-bond acceptors (Lipinski definition) is 5. The third-order valence-corrected chi connectivity index (χ3v) is 9.69. The predicted molar refractivity (Wildman–Crippen MR) is 145 cm³/mol. The average Bonchev–Trinajstić information content (AvgIpc) is 3.65. The van der Waals surface area contributed by atoms with Crippen LogP contribution in [0.25, 0.3) is 0 Å². The van der Waals surface area contributed by atoms with E-state index in [2.05, 4.69) is 10.6 Å². The van der Waals surface area contributed by atoms with Crippen molar-refractivity contribution in [3.8, 4) is 0 Å². The summed E-state index contributed by atoms with van der Waals surface area (Å²) in [7, 11) is 0. The van der Waals surface area contributed by atoms with E-state index in [9.17, 15) is 14.4 Å². The third-order valence-electron chi connectivity index (χ3n) is 8.56. The number of amides is 3. The molecule has 1 aliphatic carbocycles. The molecular formula is C29H32ClN3O4S. The molecule has 1 aromatic carbocycles. The Morgan fingerprint density at radius 2 is 1.87 bits per heavy atom. The molecule has 0 radical (unpaired) electrons. The summed E-state index contributed by atoms with van der Waals surface area (Å²) in [5.41, 5.74) is -1.30. The van der Waals surface area contributed by atoms with Crippen LogP contribution in [0.3, 0.4) is 0 Å². The zero-order valence-corrected chi connectivity index (χ0v) is 22.9. The van der Waals surface area contributed by atoms with Crippen LogP contribution in [0.4, 0.5) is 0 Å². The minimum atomic E-state index is -1.19. The number of fused-ring (bicyclic) bond motifs is 1. The Hall–Kier alpha value is -2.68. The average molecular weight is 554 g/mol. The first-order valence-electron chi connectivity index (χ1n) is 13.4. The number of hydrogen-bond donors (Lipinski definition) is 2. The van der Waals surface area contributed by atoms with Gasteiger partial charge in [-0.3, -0.25) is 14.4 Å². The van der Waals surface area contributed by atoms with E-state index in [1.165, 1.54) is 6.42 Å². The number of rotatable bonds is 7. The maximum atomic E-state index is 14.2. The van der Waals surface area contributed by atoms with Gasteiger partial charge < -0.3 is 20.3 Å². The molecule has 1 saturated carbocycles. The van der Waals surface area contributed by atoms with E-state index in [1.54, 1.807) is 28.4 Å². The van der Waals surface area contributed by atoms with Crippen LogP contribution in [0.5, 0.6) is 0 Å². The van der Waals surface area contributed by atoms with Crippen LogP contribution >= 0.6 is 22.9 Å². The van der Waals surface area contributed by atoms with E-state index < -0.39 is 29.1 Å². The maximum absolute atomic E-state index is 14.2. The quantitative estimate of drug-likeness (QED) is 0.503. The number of nitrogens with zero attached hydrogens (tertiary/aromatic N) is 1. The van der Waals surface area contributed by atoms with Crippen molar-refractivity contribution in [2.24, 2.45) is 11.8 Å². The normalized spacial score (nSPS) is 32.0. The predicted octanol–water partition coefficient (Wildman–Crippen LogP) is 4.21. The zero-order valence-electron chi connectivity index (χ0n) is 21.3. The van der Waals surface area contributed by atoms with Gasteiger partial charge in [0.15, 0.2) is 0 Å². The lowest BCUT2D eigenvalue weighted by atomic mass is 9.70. The zero-order chi connectivity index (χ0) is 26.5. The molecule has 1 aromatic heterocycles. The van der Waals surface area contributed by atoms with Crippen LogP contribution in [0, 0.1) is 11.8 Å². The fourth-order valence-electron chi connectivity index (χ4n) is 6.81.